The minimum Gasteiger partial charge on any atom is -0.334 e. The van der Waals surface area contributed by atoms with E-state index < -0.39 is 0 Å². The summed E-state index contributed by atoms with van der Waals surface area (Å²) >= 11 is 3.40. The monoisotopic (exact) mass is 281 g/mol. The van der Waals surface area contributed by atoms with Gasteiger partial charge in [-0.15, -0.1) is 0 Å². The summed E-state index contributed by atoms with van der Waals surface area (Å²) in [6, 6.07) is 7.77. The molecule has 0 bridgehead atoms. The van der Waals surface area contributed by atoms with Gasteiger partial charge in [-0.25, -0.2) is 0 Å². The molecule has 1 atom stereocenters. The van der Waals surface area contributed by atoms with Gasteiger partial charge in [0.1, 0.15) is 0 Å². The van der Waals surface area contributed by atoms with Crippen LogP contribution in [0.25, 0.3) is 11.5 Å². The van der Waals surface area contributed by atoms with Crippen LogP contribution >= 0.6 is 15.9 Å². The van der Waals surface area contributed by atoms with Gasteiger partial charge in [-0.05, 0) is 25.1 Å². The van der Waals surface area contributed by atoms with E-state index in [1.54, 1.807) is 0 Å². The summed E-state index contributed by atoms with van der Waals surface area (Å²) in [5.41, 5.74) is 6.57. The van der Waals surface area contributed by atoms with Gasteiger partial charge in [0.25, 0.3) is 5.89 Å². The van der Waals surface area contributed by atoms with Gasteiger partial charge >= 0.3 is 0 Å². The Morgan fingerprint density at radius 1 is 1.50 bits per heavy atom. The molecule has 0 saturated carbocycles. The van der Waals surface area contributed by atoms with E-state index in [9.17, 15) is 0 Å². The first-order valence-electron chi connectivity index (χ1n) is 4.99. The smallest absolute Gasteiger partial charge is 0.257 e. The largest absolute Gasteiger partial charge is 0.334 e. The van der Waals surface area contributed by atoms with Crippen molar-refractivity contribution in [3.8, 4) is 11.5 Å². The van der Waals surface area contributed by atoms with Crippen molar-refractivity contribution < 1.29 is 4.52 Å². The maximum absolute atomic E-state index is 5.67. The van der Waals surface area contributed by atoms with E-state index in [1.807, 2.05) is 31.2 Å². The molecule has 4 nitrogen and oxygen atoms in total. The van der Waals surface area contributed by atoms with Crippen molar-refractivity contribution in [2.45, 2.75) is 19.4 Å². The zero-order chi connectivity index (χ0) is 11.5. The van der Waals surface area contributed by atoms with Crippen molar-refractivity contribution in [3.63, 3.8) is 0 Å². The number of halogens is 1. The number of hydrogen-bond donors (Lipinski definition) is 1. The summed E-state index contributed by atoms with van der Waals surface area (Å²) in [5, 5.41) is 3.88. The van der Waals surface area contributed by atoms with Crippen LogP contribution in [-0.4, -0.2) is 16.2 Å². The lowest BCUT2D eigenvalue weighted by molar-refractivity contribution is 0.420. The van der Waals surface area contributed by atoms with E-state index in [0.29, 0.717) is 18.1 Å². The lowest BCUT2D eigenvalue weighted by Gasteiger charge is -1.97. The Morgan fingerprint density at radius 3 is 3.00 bits per heavy atom. The average molecular weight is 282 g/mol. The predicted molar refractivity (Wildman–Crippen MR) is 64.8 cm³/mol. The third kappa shape index (κ3) is 2.68. The Kier molecular flexibility index (Phi) is 3.36. The summed E-state index contributed by atoms with van der Waals surface area (Å²) in [6.07, 6.45) is 0.623. The van der Waals surface area contributed by atoms with E-state index in [0.717, 1.165) is 10.0 Å². The second-order valence-electron chi connectivity index (χ2n) is 3.71. The molecule has 2 N–H and O–H groups in total. The van der Waals surface area contributed by atoms with E-state index in [-0.39, 0.29) is 6.04 Å². The highest BCUT2D eigenvalue weighted by atomic mass is 79.9. The first-order valence-corrected chi connectivity index (χ1v) is 5.78. The SMILES string of the molecule is CC(N)Cc1noc(-c2cccc(Br)c2)n1. The van der Waals surface area contributed by atoms with Gasteiger partial charge in [-0.1, -0.05) is 27.2 Å². The third-order valence-corrected chi connectivity index (χ3v) is 2.54. The number of benzene rings is 1. The molecule has 0 aliphatic rings. The van der Waals surface area contributed by atoms with Crippen molar-refractivity contribution in [1.29, 1.82) is 0 Å². The Balaban J connectivity index is 2.24. The van der Waals surface area contributed by atoms with Crippen molar-refractivity contribution in [2.24, 2.45) is 5.73 Å². The van der Waals surface area contributed by atoms with Crippen molar-refractivity contribution >= 4 is 15.9 Å². The number of nitrogens with zero attached hydrogens (tertiary/aromatic N) is 2. The summed E-state index contributed by atoms with van der Waals surface area (Å²) in [6.45, 7) is 1.91. The molecule has 1 aromatic carbocycles. The molecule has 16 heavy (non-hydrogen) atoms. The molecule has 5 heteroatoms. The minimum atomic E-state index is 0.0351. The average Bonchev–Trinajstić information content (AvgIpc) is 2.65. The van der Waals surface area contributed by atoms with Gasteiger partial charge in [0.2, 0.25) is 0 Å². The fraction of sp³-hybridized carbons (Fsp3) is 0.273. The molecule has 1 unspecified atom stereocenters. The normalized spacial score (nSPS) is 12.7. The molecule has 1 heterocycles. The highest BCUT2D eigenvalue weighted by Crippen LogP contribution is 2.21. The van der Waals surface area contributed by atoms with Crippen LogP contribution in [0.15, 0.2) is 33.3 Å². The molecule has 0 spiro atoms. The molecular weight excluding hydrogens is 270 g/mol. The second-order valence-corrected chi connectivity index (χ2v) is 4.62. The molecule has 0 fully saturated rings. The van der Waals surface area contributed by atoms with Crippen LogP contribution in [0.2, 0.25) is 0 Å². The Morgan fingerprint density at radius 2 is 2.31 bits per heavy atom. The molecule has 0 aliphatic carbocycles. The highest BCUT2D eigenvalue weighted by Gasteiger charge is 2.10. The first-order chi connectivity index (χ1) is 7.65. The maximum atomic E-state index is 5.67. The summed E-state index contributed by atoms with van der Waals surface area (Å²) in [5.74, 6) is 1.17. The molecule has 0 saturated heterocycles. The van der Waals surface area contributed by atoms with E-state index in [1.165, 1.54) is 0 Å². The molecule has 2 rings (SSSR count). The van der Waals surface area contributed by atoms with Gasteiger partial charge in [-0.2, -0.15) is 4.98 Å². The van der Waals surface area contributed by atoms with Gasteiger partial charge in [-0.3, -0.25) is 0 Å². The summed E-state index contributed by atoms with van der Waals surface area (Å²) in [4.78, 5) is 4.28. The quantitative estimate of drug-likeness (QED) is 0.938. The Bertz CT molecular complexity index is 482. The zero-order valence-corrected chi connectivity index (χ0v) is 10.4. The lowest BCUT2D eigenvalue weighted by atomic mass is 10.2. The van der Waals surface area contributed by atoms with E-state index >= 15 is 0 Å². The van der Waals surface area contributed by atoms with Crippen molar-refractivity contribution in [1.82, 2.24) is 10.1 Å². The van der Waals surface area contributed by atoms with Gasteiger partial charge in [0.05, 0.1) is 0 Å². The highest BCUT2D eigenvalue weighted by molar-refractivity contribution is 9.10. The van der Waals surface area contributed by atoms with Gasteiger partial charge in [0, 0.05) is 22.5 Å². The topological polar surface area (TPSA) is 64.9 Å². The number of nitrogens with two attached hydrogens (primary N) is 1. The summed E-state index contributed by atoms with van der Waals surface area (Å²) < 4.78 is 6.15. The van der Waals surface area contributed by atoms with Crippen LogP contribution in [0, 0.1) is 0 Å². The molecular formula is C11H12BrN3O. The molecule has 1 aromatic heterocycles. The van der Waals surface area contributed by atoms with Crippen LogP contribution in [0.4, 0.5) is 0 Å². The van der Waals surface area contributed by atoms with Crippen LogP contribution in [-0.2, 0) is 6.42 Å². The van der Waals surface area contributed by atoms with E-state index in [4.69, 9.17) is 10.3 Å². The van der Waals surface area contributed by atoms with Crippen LogP contribution in [0.1, 0.15) is 12.7 Å². The molecule has 0 amide bonds. The Hall–Kier alpha value is -1.20. The van der Waals surface area contributed by atoms with E-state index in [2.05, 4.69) is 26.1 Å². The van der Waals surface area contributed by atoms with Gasteiger partial charge < -0.3 is 10.3 Å². The molecule has 84 valence electrons. The molecule has 0 radical (unpaired) electrons. The molecule has 0 aliphatic heterocycles. The van der Waals surface area contributed by atoms with Crippen molar-refractivity contribution in [2.75, 3.05) is 0 Å². The second kappa shape index (κ2) is 4.76. The third-order valence-electron chi connectivity index (χ3n) is 2.04. The van der Waals surface area contributed by atoms with Crippen LogP contribution in [0.3, 0.4) is 0 Å². The Labute approximate surface area is 102 Å². The van der Waals surface area contributed by atoms with Crippen LogP contribution in [0.5, 0.6) is 0 Å². The number of hydrogen-bond acceptors (Lipinski definition) is 4. The van der Waals surface area contributed by atoms with Gasteiger partial charge in [0.15, 0.2) is 5.82 Å². The standard InChI is InChI=1S/C11H12BrN3O/c1-7(13)5-10-14-11(16-15-10)8-3-2-4-9(12)6-8/h2-4,6-7H,5,13H2,1H3. The number of rotatable bonds is 3. The minimum absolute atomic E-state index is 0.0351. The zero-order valence-electron chi connectivity index (χ0n) is 8.85. The predicted octanol–water partition coefficient (Wildman–Crippen LogP) is 2.39. The molecule has 2 aromatic rings. The summed E-state index contributed by atoms with van der Waals surface area (Å²) in [7, 11) is 0. The van der Waals surface area contributed by atoms with Crippen molar-refractivity contribution in [3.05, 3.63) is 34.6 Å². The first kappa shape index (κ1) is 11.3. The maximum Gasteiger partial charge on any atom is 0.257 e. The fourth-order valence-electron chi connectivity index (χ4n) is 1.36. The number of aromatic nitrogens is 2. The van der Waals surface area contributed by atoms with Crippen LogP contribution < -0.4 is 5.73 Å². The lowest BCUT2D eigenvalue weighted by Crippen LogP contribution is -2.18. The fourth-order valence-corrected chi connectivity index (χ4v) is 1.76.